The summed E-state index contributed by atoms with van der Waals surface area (Å²) in [7, 11) is 0. The summed E-state index contributed by atoms with van der Waals surface area (Å²) >= 11 is 0. The summed E-state index contributed by atoms with van der Waals surface area (Å²) < 4.78 is 0. The zero-order chi connectivity index (χ0) is 12.8. The van der Waals surface area contributed by atoms with Gasteiger partial charge in [0.25, 0.3) is 0 Å². The first-order chi connectivity index (χ1) is 9.31. The summed E-state index contributed by atoms with van der Waals surface area (Å²) in [4.78, 5) is 4.85. The number of pyridine rings is 1. The Labute approximate surface area is 111 Å². The third-order valence-corrected chi connectivity index (χ3v) is 3.66. The molecule has 19 heavy (non-hydrogen) atoms. The minimum absolute atomic E-state index is 1.06. The molecule has 0 aliphatic rings. The highest BCUT2D eigenvalue weighted by Crippen LogP contribution is 2.27. The molecule has 1 nitrogen and oxygen atoms in total. The van der Waals surface area contributed by atoms with E-state index in [0.29, 0.717) is 0 Å². The van der Waals surface area contributed by atoms with Gasteiger partial charge in [-0.2, -0.15) is 0 Å². The fourth-order valence-corrected chi connectivity index (χ4v) is 2.68. The summed E-state index contributed by atoms with van der Waals surface area (Å²) in [5.41, 5.74) is 3.43. The maximum absolute atomic E-state index is 4.85. The van der Waals surface area contributed by atoms with E-state index in [-0.39, 0.29) is 0 Å². The fourth-order valence-electron chi connectivity index (χ4n) is 2.68. The zero-order valence-corrected chi connectivity index (χ0v) is 10.7. The smallest absolute Gasteiger partial charge is 0.0788 e. The van der Waals surface area contributed by atoms with Crippen LogP contribution in [0.25, 0.3) is 32.6 Å². The molecular weight excluding hydrogens is 230 g/mol. The van der Waals surface area contributed by atoms with Crippen molar-refractivity contribution in [1.82, 2.24) is 4.98 Å². The second-order valence-corrected chi connectivity index (χ2v) is 5.04. The first-order valence-corrected chi connectivity index (χ1v) is 6.50. The molecule has 4 aromatic rings. The Hall–Kier alpha value is -2.41. The maximum atomic E-state index is 4.85. The molecule has 1 aromatic heterocycles. The lowest BCUT2D eigenvalue weighted by Crippen LogP contribution is -1.85. The molecule has 0 aliphatic carbocycles. The van der Waals surface area contributed by atoms with Gasteiger partial charge in [-0.3, -0.25) is 0 Å². The van der Waals surface area contributed by atoms with Crippen molar-refractivity contribution in [2.45, 2.75) is 6.92 Å². The van der Waals surface area contributed by atoms with Crippen LogP contribution in [0.1, 0.15) is 5.56 Å². The Morgan fingerprint density at radius 1 is 0.737 bits per heavy atom. The van der Waals surface area contributed by atoms with E-state index >= 15 is 0 Å². The Balaban J connectivity index is 2.25. The first-order valence-electron chi connectivity index (χ1n) is 6.50. The Bertz CT molecular complexity index is 922. The Morgan fingerprint density at radius 2 is 1.53 bits per heavy atom. The van der Waals surface area contributed by atoms with Gasteiger partial charge in [-0.1, -0.05) is 48.0 Å². The molecule has 0 spiro atoms. The van der Waals surface area contributed by atoms with Crippen LogP contribution in [0.4, 0.5) is 0 Å². The van der Waals surface area contributed by atoms with Crippen molar-refractivity contribution in [3.8, 4) is 0 Å². The highest BCUT2D eigenvalue weighted by Gasteiger charge is 2.04. The van der Waals surface area contributed by atoms with Crippen LogP contribution in [0, 0.1) is 6.92 Å². The Morgan fingerprint density at radius 3 is 2.47 bits per heavy atom. The van der Waals surface area contributed by atoms with E-state index in [1.807, 2.05) is 6.07 Å². The van der Waals surface area contributed by atoms with Crippen LogP contribution in [0.3, 0.4) is 0 Å². The second kappa shape index (κ2) is 3.79. The minimum Gasteiger partial charge on any atom is -0.247 e. The fraction of sp³-hybridized carbons (Fsp3) is 0.0556. The van der Waals surface area contributed by atoms with Gasteiger partial charge < -0.3 is 0 Å². The van der Waals surface area contributed by atoms with Gasteiger partial charge in [0, 0.05) is 16.2 Å². The second-order valence-electron chi connectivity index (χ2n) is 5.04. The van der Waals surface area contributed by atoms with Gasteiger partial charge in [0.05, 0.1) is 11.0 Å². The summed E-state index contributed by atoms with van der Waals surface area (Å²) in [5, 5.41) is 4.89. The topological polar surface area (TPSA) is 12.9 Å². The van der Waals surface area contributed by atoms with Crippen LogP contribution >= 0.6 is 0 Å². The predicted molar refractivity (Wildman–Crippen MR) is 81.5 cm³/mol. The molecule has 3 aromatic carbocycles. The molecule has 0 N–H and O–H groups in total. The molecule has 0 aliphatic heterocycles. The molecular formula is C18H13N. The summed E-state index contributed by atoms with van der Waals surface area (Å²) in [5.74, 6) is 0. The van der Waals surface area contributed by atoms with Crippen LogP contribution < -0.4 is 0 Å². The molecule has 0 amide bonds. The molecule has 0 saturated carbocycles. The number of hydrogen-bond acceptors (Lipinski definition) is 1. The Kier molecular flexibility index (Phi) is 2.10. The summed E-state index contributed by atoms with van der Waals surface area (Å²) in [6.45, 7) is 2.12. The van der Waals surface area contributed by atoms with Crippen LogP contribution in [0.2, 0.25) is 0 Å². The number of aromatic nitrogens is 1. The summed E-state index contributed by atoms with van der Waals surface area (Å²) in [6.07, 6.45) is 0. The normalized spacial score (nSPS) is 11.4. The minimum atomic E-state index is 1.06. The van der Waals surface area contributed by atoms with E-state index in [4.69, 9.17) is 4.98 Å². The zero-order valence-electron chi connectivity index (χ0n) is 10.7. The third-order valence-electron chi connectivity index (χ3n) is 3.66. The van der Waals surface area contributed by atoms with Crippen LogP contribution in [0.5, 0.6) is 0 Å². The number of fused-ring (bicyclic) bond motifs is 4. The molecule has 1 heteroatoms. The molecule has 4 rings (SSSR count). The van der Waals surface area contributed by atoms with E-state index in [0.717, 1.165) is 11.0 Å². The molecule has 0 saturated heterocycles. The number of hydrogen-bond donors (Lipinski definition) is 0. The van der Waals surface area contributed by atoms with Gasteiger partial charge in [0.1, 0.15) is 0 Å². The van der Waals surface area contributed by atoms with Crippen LogP contribution in [-0.2, 0) is 0 Å². The SMILES string of the molecule is Cc1ccc2ccc3cc4ccccc4nc3c2c1. The molecule has 1 heterocycles. The quantitative estimate of drug-likeness (QED) is 0.318. The van der Waals surface area contributed by atoms with Crippen molar-refractivity contribution >= 4 is 32.6 Å². The lowest BCUT2D eigenvalue weighted by atomic mass is 10.0. The molecule has 0 bridgehead atoms. The number of rotatable bonds is 0. The van der Waals surface area contributed by atoms with E-state index in [1.165, 1.54) is 27.1 Å². The lowest BCUT2D eigenvalue weighted by Gasteiger charge is -2.06. The first kappa shape index (κ1) is 10.5. The molecule has 0 unspecified atom stereocenters. The number of nitrogens with zero attached hydrogens (tertiary/aromatic N) is 1. The van der Waals surface area contributed by atoms with E-state index in [2.05, 4.69) is 61.5 Å². The van der Waals surface area contributed by atoms with Crippen molar-refractivity contribution < 1.29 is 0 Å². The highest BCUT2D eigenvalue weighted by atomic mass is 14.7. The van der Waals surface area contributed by atoms with Crippen molar-refractivity contribution in [2.24, 2.45) is 0 Å². The standard InChI is InChI=1S/C18H13N/c1-12-6-7-13-8-9-15-11-14-4-2-3-5-17(14)19-18(15)16(13)10-12/h2-11H,1H3. The van der Waals surface area contributed by atoms with Crippen LogP contribution in [-0.4, -0.2) is 4.98 Å². The third kappa shape index (κ3) is 1.59. The van der Waals surface area contributed by atoms with Gasteiger partial charge in [0.2, 0.25) is 0 Å². The van der Waals surface area contributed by atoms with E-state index in [1.54, 1.807) is 0 Å². The lowest BCUT2D eigenvalue weighted by molar-refractivity contribution is 1.48. The van der Waals surface area contributed by atoms with Crippen molar-refractivity contribution in [1.29, 1.82) is 0 Å². The number of aryl methyl sites for hydroxylation is 1. The molecule has 90 valence electrons. The molecule has 0 fully saturated rings. The average Bonchev–Trinajstić information content (AvgIpc) is 2.45. The van der Waals surface area contributed by atoms with Gasteiger partial charge in [-0.25, -0.2) is 4.98 Å². The van der Waals surface area contributed by atoms with Gasteiger partial charge >= 0.3 is 0 Å². The maximum Gasteiger partial charge on any atom is 0.0788 e. The van der Waals surface area contributed by atoms with Gasteiger partial charge in [-0.15, -0.1) is 0 Å². The van der Waals surface area contributed by atoms with E-state index < -0.39 is 0 Å². The number of benzene rings is 3. The van der Waals surface area contributed by atoms with Gasteiger partial charge in [-0.05, 0) is 30.5 Å². The van der Waals surface area contributed by atoms with E-state index in [9.17, 15) is 0 Å². The van der Waals surface area contributed by atoms with Gasteiger partial charge in [0.15, 0.2) is 0 Å². The van der Waals surface area contributed by atoms with Crippen molar-refractivity contribution in [3.05, 3.63) is 66.2 Å². The molecule has 0 atom stereocenters. The van der Waals surface area contributed by atoms with Crippen molar-refractivity contribution in [3.63, 3.8) is 0 Å². The number of para-hydroxylation sites is 1. The average molecular weight is 243 g/mol. The van der Waals surface area contributed by atoms with Crippen LogP contribution in [0.15, 0.2) is 60.7 Å². The predicted octanol–water partition coefficient (Wildman–Crippen LogP) is 4.85. The monoisotopic (exact) mass is 243 g/mol. The highest BCUT2D eigenvalue weighted by molar-refractivity contribution is 6.08. The summed E-state index contributed by atoms with van der Waals surface area (Å²) in [6, 6.07) is 21.4. The van der Waals surface area contributed by atoms with Crippen molar-refractivity contribution in [2.75, 3.05) is 0 Å². The molecule has 0 radical (unpaired) electrons. The largest absolute Gasteiger partial charge is 0.247 e.